The van der Waals surface area contributed by atoms with E-state index in [-0.39, 0.29) is 11.7 Å². The molecule has 1 N–H and O–H groups in total. The van der Waals surface area contributed by atoms with E-state index in [1.807, 2.05) is 25.1 Å². The molecule has 0 radical (unpaired) electrons. The second kappa shape index (κ2) is 7.41. The van der Waals surface area contributed by atoms with Gasteiger partial charge in [-0.25, -0.2) is 9.97 Å². The van der Waals surface area contributed by atoms with E-state index in [1.54, 1.807) is 24.8 Å². The molecule has 0 unspecified atom stereocenters. The van der Waals surface area contributed by atoms with Crippen LogP contribution in [0.1, 0.15) is 16.0 Å². The Hall–Kier alpha value is -2.12. The maximum Gasteiger partial charge on any atom is 0.234 e. The van der Waals surface area contributed by atoms with Crippen molar-refractivity contribution in [2.45, 2.75) is 25.8 Å². The van der Waals surface area contributed by atoms with E-state index in [0.717, 1.165) is 20.8 Å². The number of amides is 1. The SMILES string of the molecule is COc1ccc(C)cc1NC(=O)CSc1ncnc2sc(C)c(C)c12. The molecule has 3 aromatic rings. The first kappa shape index (κ1) is 17.7. The van der Waals surface area contributed by atoms with Gasteiger partial charge in [-0.2, -0.15) is 0 Å². The number of aromatic nitrogens is 2. The number of anilines is 1. The Morgan fingerprint density at radius 3 is 2.84 bits per heavy atom. The third kappa shape index (κ3) is 3.77. The fourth-order valence-corrected chi connectivity index (χ4v) is 4.42. The summed E-state index contributed by atoms with van der Waals surface area (Å²) in [4.78, 5) is 23.2. The average molecular weight is 374 g/mol. The lowest BCUT2D eigenvalue weighted by Crippen LogP contribution is -2.15. The number of fused-ring (bicyclic) bond motifs is 1. The van der Waals surface area contributed by atoms with Crippen molar-refractivity contribution in [1.82, 2.24) is 9.97 Å². The number of ether oxygens (including phenoxy) is 1. The number of carbonyl (C=O) groups excluding carboxylic acids is 1. The Labute approximate surface area is 154 Å². The minimum atomic E-state index is -0.0923. The number of thioether (sulfide) groups is 1. The van der Waals surface area contributed by atoms with Gasteiger partial charge in [0, 0.05) is 10.3 Å². The maximum absolute atomic E-state index is 12.4. The molecule has 0 atom stereocenters. The molecule has 130 valence electrons. The largest absolute Gasteiger partial charge is 0.495 e. The van der Waals surface area contributed by atoms with Crippen molar-refractivity contribution >= 4 is 44.9 Å². The smallest absolute Gasteiger partial charge is 0.234 e. The van der Waals surface area contributed by atoms with Gasteiger partial charge in [-0.1, -0.05) is 17.8 Å². The van der Waals surface area contributed by atoms with E-state index >= 15 is 0 Å². The van der Waals surface area contributed by atoms with Crippen molar-refractivity contribution in [2.24, 2.45) is 0 Å². The van der Waals surface area contributed by atoms with Gasteiger partial charge >= 0.3 is 0 Å². The summed E-state index contributed by atoms with van der Waals surface area (Å²) in [5.41, 5.74) is 2.93. The normalized spacial score (nSPS) is 10.9. The Kier molecular flexibility index (Phi) is 5.24. The van der Waals surface area contributed by atoms with E-state index < -0.39 is 0 Å². The van der Waals surface area contributed by atoms with Crippen LogP contribution in [0.4, 0.5) is 5.69 Å². The number of rotatable bonds is 5. The zero-order chi connectivity index (χ0) is 18.0. The molecular weight excluding hydrogens is 354 g/mol. The van der Waals surface area contributed by atoms with Crippen LogP contribution in [0.3, 0.4) is 0 Å². The lowest BCUT2D eigenvalue weighted by Gasteiger charge is -2.11. The van der Waals surface area contributed by atoms with Crippen molar-refractivity contribution in [2.75, 3.05) is 18.2 Å². The van der Waals surface area contributed by atoms with Crippen LogP contribution >= 0.6 is 23.1 Å². The highest BCUT2D eigenvalue weighted by atomic mass is 32.2. The predicted octanol–water partition coefficient (Wildman–Crippen LogP) is 4.36. The number of hydrogen-bond acceptors (Lipinski definition) is 6. The number of thiophene rings is 1. The molecule has 7 heteroatoms. The Bertz CT molecular complexity index is 937. The highest BCUT2D eigenvalue weighted by Gasteiger charge is 2.14. The van der Waals surface area contributed by atoms with Crippen molar-refractivity contribution in [3.63, 3.8) is 0 Å². The molecule has 0 spiro atoms. The molecule has 0 aliphatic carbocycles. The molecule has 2 aromatic heterocycles. The zero-order valence-electron chi connectivity index (χ0n) is 14.5. The van der Waals surface area contributed by atoms with Crippen LogP contribution in [0.5, 0.6) is 5.75 Å². The van der Waals surface area contributed by atoms with Crippen LogP contribution in [0.15, 0.2) is 29.6 Å². The lowest BCUT2D eigenvalue weighted by atomic mass is 10.2. The number of methoxy groups -OCH3 is 1. The van der Waals surface area contributed by atoms with Gasteiger partial charge in [-0.05, 0) is 44.0 Å². The predicted molar refractivity (Wildman–Crippen MR) is 104 cm³/mol. The summed E-state index contributed by atoms with van der Waals surface area (Å²) >= 11 is 3.08. The molecule has 0 fully saturated rings. The lowest BCUT2D eigenvalue weighted by molar-refractivity contribution is -0.113. The molecule has 2 heterocycles. The van der Waals surface area contributed by atoms with Crippen LogP contribution in [0, 0.1) is 20.8 Å². The average Bonchev–Trinajstić information content (AvgIpc) is 2.88. The van der Waals surface area contributed by atoms with E-state index in [4.69, 9.17) is 4.74 Å². The van der Waals surface area contributed by atoms with E-state index in [1.165, 1.54) is 22.2 Å². The van der Waals surface area contributed by atoms with Gasteiger partial charge in [0.2, 0.25) is 5.91 Å². The third-order valence-electron chi connectivity index (χ3n) is 3.90. The number of hydrogen-bond donors (Lipinski definition) is 1. The van der Waals surface area contributed by atoms with Gasteiger partial charge in [0.05, 0.1) is 18.6 Å². The second-order valence-corrected chi connectivity index (χ2v) is 7.85. The molecule has 1 aromatic carbocycles. The molecule has 5 nitrogen and oxygen atoms in total. The maximum atomic E-state index is 12.4. The zero-order valence-corrected chi connectivity index (χ0v) is 16.2. The topological polar surface area (TPSA) is 64.1 Å². The Morgan fingerprint density at radius 2 is 2.08 bits per heavy atom. The molecule has 25 heavy (non-hydrogen) atoms. The quantitative estimate of drug-likeness (QED) is 0.532. The fourth-order valence-electron chi connectivity index (χ4n) is 2.50. The highest BCUT2D eigenvalue weighted by molar-refractivity contribution is 8.00. The summed E-state index contributed by atoms with van der Waals surface area (Å²) in [6.45, 7) is 6.12. The van der Waals surface area contributed by atoms with Crippen molar-refractivity contribution in [3.05, 3.63) is 40.5 Å². The molecule has 0 aliphatic heterocycles. The van der Waals surface area contributed by atoms with Crippen LogP contribution in [-0.4, -0.2) is 28.7 Å². The fraction of sp³-hybridized carbons (Fsp3) is 0.278. The Balaban J connectivity index is 1.74. The number of aryl methyl sites for hydroxylation is 3. The van der Waals surface area contributed by atoms with E-state index in [2.05, 4.69) is 29.1 Å². The molecule has 3 rings (SSSR count). The van der Waals surface area contributed by atoms with Crippen LogP contribution in [0.25, 0.3) is 10.2 Å². The first-order valence-electron chi connectivity index (χ1n) is 7.77. The van der Waals surface area contributed by atoms with Crippen LogP contribution < -0.4 is 10.1 Å². The first-order chi connectivity index (χ1) is 12.0. The van der Waals surface area contributed by atoms with Crippen LogP contribution in [0.2, 0.25) is 0 Å². The van der Waals surface area contributed by atoms with E-state index in [9.17, 15) is 4.79 Å². The molecule has 1 amide bonds. The van der Waals surface area contributed by atoms with Crippen molar-refractivity contribution in [1.29, 1.82) is 0 Å². The van der Waals surface area contributed by atoms with Gasteiger partial charge < -0.3 is 10.1 Å². The van der Waals surface area contributed by atoms with Gasteiger partial charge in [-0.15, -0.1) is 11.3 Å². The summed E-state index contributed by atoms with van der Waals surface area (Å²) in [5.74, 6) is 0.834. The molecular formula is C18H19N3O2S2. The monoisotopic (exact) mass is 373 g/mol. The summed E-state index contributed by atoms with van der Waals surface area (Å²) in [5, 5.41) is 4.81. The number of benzene rings is 1. The second-order valence-electron chi connectivity index (χ2n) is 5.68. The highest BCUT2D eigenvalue weighted by Crippen LogP contribution is 2.34. The van der Waals surface area contributed by atoms with Gasteiger partial charge in [0.15, 0.2) is 0 Å². The van der Waals surface area contributed by atoms with Gasteiger partial charge in [-0.3, -0.25) is 4.79 Å². The summed E-state index contributed by atoms with van der Waals surface area (Å²) in [7, 11) is 1.59. The van der Waals surface area contributed by atoms with Gasteiger partial charge in [0.25, 0.3) is 0 Å². The molecule has 0 saturated heterocycles. The third-order valence-corrected chi connectivity index (χ3v) is 6.00. The standard InChI is InChI=1S/C18H19N3O2S2/c1-10-5-6-14(23-4)13(7-10)21-15(22)8-24-17-16-11(2)12(3)25-18(16)20-9-19-17/h5-7,9H,8H2,1-4H3,(H,21,22). The van der Waals surface area contributed by atoms with Crippen LogP contribution in [-0.2, 0) is 4.79 Å². The molecule has 0 aliphatic rings. The number of nitrogens with zero attached hydrogens (tertiary/aromatic N) is 2. The minimum Gasteiger partial charge on any atom is -0.495 e. The first-order valence-corrected chi connectivity index (χ1v) is 9.57. The molecule has 0 bridgehead atoms. The summed E-state index contributed by atoms with van der Waals surface area (Å²) in [6, 6.07) is 5.70. The van der Waals surface area contributed by atoms with Crippen molar-refractivity contribution in [3.8, 4) is 5.75 Å². The molecule has 0 saturated carbocycles. The summed E-state index contributed by atoms with van der Waals surface area (Å²) < 4.78 is 5.30. The van der Waals surface area contributed by atoms with Gasteiger partial charge in [0.1, 0.15) is 21.9 Å². The minimum absolute atomic E-state index is 0.0923. The van der Waals surface area contributed by atoms with E-state index in [0.29, 0.717) is 11.4 Å². The summed E-state index contributed by atoms with van der Waals surface area (Å²) in [6.07, 6.45) is 1.56. The van der Waals surface area contributed by atoms with Crippen molar-refractivity contribution < 1.29 is 9.53 Å². The Morgan fingerprint density at radius 1 is 1.28 bits per heavy atom. The number of nitrogens with one attached hydrogen (secondary N) is 1. The number of carbonyl (C=O) groups is 1.